The Morgan fingerprint density at radius 2 is 2.27 bits per heavy atom. The number of halogens is 1. The van der Waals surface area contributed by atoms with Gasteiger partial charge >= 0.3 is 5.97 Å². The van der Waals surface area contributed by atoms with Crippen LogP contribution in [0, 0.1) is 5.92 Å². The van der Waals surface area contributed by atoms with Crippen molar-refractivity contribution in [1.82, 2.24) is 0 Å². The summed E-state index contributed by atoms with van der Waals surface area (Å²) in [6.07, 6.45) is 0.0266. The number of aliphatic hydroxyl groups is 1. The Bertz CT molecular complexity index is 337. The Hall–Kier alpha value is -0.390. The first-order valence-electron chi connectivity index (χ1n) is 4.64. The van der Waals surface area contributed by atoms with Gasteiger partial charge < -0.3 is 10.2 Å². The van der Waals surface area contributed by atoms with Crippen molar-refractivity contribution in [2.24, 2.45) is 5.92 Å². The van der Waals surface area contributed by atoms with Gasteiger partial charge in [-0.3, -0.25) is 4.79 Å². The highest BCUT2D eigenvalue weighted by Gasteiger charge is 2.16. The molecular weight excluding hydrogens is 280 g/mol. The van der Waals surface area contributed by atoms with Gasteiger partial charge in [-0.15, -0.1) is 11.3 Å². The number of rotatable bonds is 5. The first-order valence-corrected chi connectivity index (χ1v) is 6.25. The molecule has 0 aliphatic heterocycles. The van der Waals surface area contributed by atoms with Crippen molar-refractivity contribution in [2.45, 2.75) is 25.9 Å². The molecule has 2 N–H and O–H groups in total. The van der Waals surface area contributed by atoms with E-state index >= 15 is 0 Å². The molecule has 2 unspecified atom stereocenters. The van der Waals surface area contributed by atoms with Crippen molar-refractivity contribution in [2.75, 3.05) is 0 Å². The van der Waals surface area contributed by atoms with E-state index in [0.717, 1.165) is 8.66 Å². The van der Waals surface area contributed by atoms with Crippen LogP contribution in [0.3, 0.4) is 0 Å². The fourth-order valence-corrected chi connectivity index (χ4v) is 2.81. The predicted molar refractivity (Wildman–Crippen MR) is 63.0 cm³/mol. The fourth-order valence-electron chi connectivity index (χ4n) is 1.39. The van der Waals surface area contributed by atoms with E-state index in [1.54, 1.807) is 0 Å². The van der Waals surface area contributed by atoms with E-state index in [0.29, 0.717) is 6.42 Å². The molecule has 0 aliphatic rings. The van der Waals surface area contributed by atoms with E-state index in [9.17, 15) is 9.90 Å². The average Bonchev–Trinajstić information content (AvgIpc) is 2.49. The molecule has 0 amide bonds. The average molecular weight is 293 g/mol. The van der Waals surface area contributed by atoms with Gasteiger partial charge in [-0.2, -0.15) is 0 Å². The van der Waals surface area contributed by atoms with Crippen molar-refractivity contribution in [3.8, 4) is 0 Å². The zero-order chi connectivity index (χ0) is 11.4. The number of carboxylic acids is 1. The number of aliphatic hydroxyl groups excluding tert-OH is 1. The molecule has 84 valence electrons. The SMILES string of the molecule is CC(CC(=O)O)CC(O)c1ccc(Br)s1. The molecule has 5 heteroatoms. The minimum Gasteiger partial charge on any atom is -0.481 e. The number of hydrogen-bond donors (Lipinski definition) is 2. The van der Waals surface area contributed by atoms with Crippen molar-refractivity contribution in [3.63, 3.8) is 0 Å². The van der Waals surface area contributed by atoms with Crippen LogP contribution in [0.5, 0.6) is 0 Å². The van der Waals surface area contributed by atoms with Crippen LogP contribution in [0.25, 0.3) is 0 Å². The standard InChI is InChI=1S/C10H13BrO3S/c1-6(5-10(13)14)4-7(12)8-2-3-9(11)15-8/h2-3,6-7,12H,4-5H2,1H3,(H,13,14). The zero-order valence-corrected chi connectivity index (χ0v) is 10.7. The highest BCUT2D eigenvalue weighted by molar-refractivity contribution is 9.11. The molecule has 0 aromatic carbocycles. The van der Waals surface area contributed by atoms with Crippen LogP contribution in [0.4, 0.5) is 0 Å². The number of carboxylic acid groups (broad SMARTS) is 1. The van der Waals surface area contributed by atoms with Gasteiger partial charge in [-0.05, 0) is 40.4 Å². The van der Waals surface area contributed by atoms with Crippen LogP contribution in [0.1, 0.15) is 30.7 Å². The summed E-state index contributed by atoms with van der Waals surface area (Å²) in [5.41, 5.74) is 0. The third kappa shape index (κ3) is 4.32. The molecule has 0 fully saturated rings. The van der Waals surface area contributed by atoms with Crippen molar-refractivity contribution in [3.05, 3.63) is 20.8 Å². The van der Waals surface area contributed by atoms with E-state index in [-0.39, 0.29) is 12.3 Å². The van der Waals surface area contributed by atoms with Gasteiger partial charge in [-0.1, -0.05) is 6.92 Å². The summed E-state index contributed by atoms with van der Waals surface area (Å²) in [7, 11) is 0. The maximum atomic E-state index is 10.4. The van der Waals surface area contributed by atoms with Gasteiger partial charge in [0, 0.05) is 11.3 Å². The molecule has 1 aromatic rings. The molecule has 15 heavy (non-hydrogen) atoms. The molecule has 0 saturated heterocycles. The third-order valence-electron chi connectivity index (χ3n) is 2.07. The van der Waals surface area contributed by atoms with E-state index < -0.39 is 12.1 Å². The van der Waals surface area contributed by atoms with Crippen LogP contribution in [-0.2, 0) is 4.79 Å². The van der Waals surface area contributed by atoms with E-state index in [1.165, 1.54) is 11.3 Å². The second kappa shape index (κ2) is 5.63. The molecular formula is C10H13BrO3S. The van der Waals surface area contributed by atoms with Gasteiger partial charge in [0.2, 0.25) is 0 Å². The fraction of sp³-hybridized carbons (Fsp3) is 0.500. The molecule has 0 spiro atoms. The molecule has 1 aromatic heterocycles. The molecule has 1 rings (SSSR count). The zero-order valence-electron chi connectivity index (χ0n) is 8.31. The first kappa shape index (κ1) is 12.7. The number of hydrogen-bond acceptors (Lipinski definition) is 3. The predicted octanol–water partition coefficient (Wildman–Crippen LogP) is 3.04. The Balaban J connectivity index is 2.48. The van der Waals surface area contributed by atoms with E-state index in [4.69, 9.17) is 5.11 Å². The molecule has 2 atom stereocenters. The Labute approximate surface area is 101 Å². The maximum absolute atomic E-state index is 10.4. The second-order valence-electron chi connectivity index (χ2n) is 3.60. The third-order valence-corrected chi connectivity index (χ3v) is 3.80. The molecule has 0 radical (unpaired) electrons. The smallest absolute Gasteiger partial charge is 0.303 e. The molecule has 0 aliphatic carbocycles. The summed E-state index contributed by atoms with van der Waals surface area (Å²) in [6, 6.07) is 3.73. The lowest BCUT2D eigenvalue weighted by atomic mass is 9.99. The normalized spacial score (nSPS) is 14.9. The van der Waals surface area contributed by atoms with Crippen molar-refractivity contribution < 1.29 is 15.0 Å². The van der Waals surface area contributed by atoms with Gasteiger partial charge in [0.15, 0.2) is 0 Å². The minimum absolute atomic E-state index is 0.0154. The lowest BCUT2D eigenvalue weighted by Gasteiger charge is -2.13. The lowest BCUT2D eigenvalue weighted by molar-refractivity contribution is -0.138. The minimum atomic E-state index is -0.818. The summed E-state index contributed by atoms with van der Waals surface area (Å²) >= 11 is 4.80. The van der Waals surface area contributed by atoms with Crippen LogP contribution in [0.15, 0.2) is 15.9 Å². The Morgan fingerprint density at radius 3 is 2.73 bits per heavy atom. The van der Waals surface area contributed by atoms with E-state index in [2.05, 4.69) is 15.9 Å². The molecule has 1 heterocycles. The highest BCUT2D eigenvalue weighted by atomic mass is 79.9. The highest BCUT2D eigenvalue weighted by Crippen LogP contribution is 2.31. The summed E-state index contributed by atoms with van der Waals surface area (Å²) in [4.78, 5) is 11.3. The number of thiophene rings is 1. The van der Waals surface area contributed by atoms with Crippen LogP contribution >= 0.6 is 27.3 Å². The number of aliphatic carboxylic acids is 1. The summed E-state index contributed by atoms with van der Waals surface area (Å²) in [5, 5.41) is 18.4. The van der Waals surface area contributed by atoms with Crippen molar-refractivity contribution in [1.29, 1.82) is 0 Å². The monoisotopic (exact) mass is 292 g/mol. The van der Waals surface area contributed by atoms with Crippen LogP contribution < -0.4 is 0 Å². The van der Waals surface area contributed by atoms with Crippen molar-refractivity contribution >= 4 is 33.2 Å². The summed E-state index contributed by atoms with van der Waals surface area (Å²) in [5.74, 6) is -0.833. The Morgan fingerprint density at radius 1 is 1.60 bits per heavy atom. The van der Waals surface area contributed by atoms with Gasteiger partial charge in [0.1, 0.15) is 0 Å². The largest absolute Gasteiger partial charge is 0.481 e. The van der Waals surface area contributed by atoms with Crippen LogP contribution in [-0.4, -0.2) is 16.2 Å². The molecule has 0 saturated carbocycles. The van der Waals surface area contributed by atoms with Gasteiger partial charge in [0.05, 0.1) is 9.89 Å². The topological polar surface area (TPSA) is 57.5 Å². The second-order valence-corrected chi connectivity index (χ2v) is 6.09. The van der Waals surface area contributed by atoms with Gasteiger partial charge in [0.25, 0.3) is 0 Å². The summed E-state index contributed by atoms with van der Waals surface area (Å²) in [6.45, 7) is 1.83. The quantitative estimate of drug-likeness (QED) is 0.877. The Kier molecular flexibility index (Phi) is 4.76. The van der Waals surface area contributed by atoms with Gasteiger partial charge in [-0.25, -0.2) is 0 Å². The molecule has 0 bridgehead atoms. The van der Waals surface area contributed by atoms with E-state index in [1.807, 2.05) is 19.1 Å². The molecule has 3 nitrogen and oxygen atoms in total. The maximum Gasteiger partial charge on any atom is 0.303 e. The number of carbonyl (C=O) groups is 1. The summed E-state index contributed by atoms with van der Waals surface area (Å²) < 4.78 is 0.974. The van der Waals surface area contributed by atoms with Crippen LogP contribution in [0.2, 0.25) is 0 Å². The first-order chi connectivity index (χ1) is 6.99. The lowest BCUT2D eigenvalue weighted by Crippen LogP contribution is -2.08.